The summed E-state index contributed by atoms with van der Waals surface area (Å²) in [7, 11) is 0. The van der Waals surface area contributed by atoms with E-state index in [1.807, 2.05) is 0 Å². The highest BCUT2D eigenvalue weighted by molar-refractivity contribution is 6.30. The molecule has 1 heterocycles. The molecular formula is C10H7ClN4O4. The van der Waals surface area contributed by atoms with Crippen LogP contribution in [0.3, 0.4) is 0 Å². The topological polar surface area (TPSA) is 111 Å². The first-order chi connectivity index (χ1) is 8.99. The molecule has 1 aromatic carbocycles. The van der Waals surface area contributed by atoms with Gasteiger partial charge in [0.05, 0.1) is 22.7 Å². The molecule has 0 unspecified atom stereocenters. The summed E-state index contributed by atoms with van der Waals surface area (Å²) in [5.41, 5.74) is 0.352. The van der Waals surface area contributed by atoms with Crippen molar-refractivity contribution in [1.29, 1.82) is 0 Å². The van der Waals surface area contributed by atoms with Crippen LogP contribution in [0.25, 0.3) is 5.69 Å². The number of carbonyl (C=O) groups is 1. The quantitative estimate of drug-likeness (QED) is 0.671. The number of halogens is 1. The lowest BCUT2D eigenvalue weighted by molar-refractivity contribution is -0.384. The second kappa shape index (κ2) is 5.02. The fourth-order valence-corrected chi connectivity index (χ4v) is 1.70. The van der Waals surface area contributed by atoms with Crippen LogP contribution < -0.4 is 0 Å². The summed E-state index contributed by atoms with van der Waals surface area (Å²) >= 11 is 5.75. The molecule has 0 aliphatic heterocycles. The van der Waals surface area contributed by atoms with Crippen LogP contribution in [-0.4, -0.2) is 31.0 Å². The number of carboxylic acid groups (broad SMARTS) is 1. The molecule has 19 heavy (non-hydrogen) atoms. The number of nitro groups is 1. The number of hydrogen-bond donors (Lipinski definition) is 1. The van der Waals surface area contributed by atoms with Crippen LogP contribution in [-0.2, 0) is 11.2 Å². The molecule has 0 amide bonds. The molecule has 0 radical (unpaired) electrons. The first-order valence-electron chi connectivity index (χ1n) is 5.05. The Morgan fingerprint density at radius 1 is 1.53 bits per heavy atom. The zero-order valence-electron chi connectivity index (χ0n) is 9.36. The lowest BCUT2D eigenvalue weighted by Gasteiger charge is -2.04. The van der Waals surface area contributed by atoms with Gasteiger partial charge in [0, 0.05) is 12.1 Å². The van der Waals surface area contributed by atoms with Gasteiger partial charge in [-0.3, -0.25) is 14.9 Å². The minimum Gasteiger partial charge on any atom is -0.481 e. The van der Waals surface area contributed by atoms with Crippen molar-refractivity contribution in [2.24, 2.45) is 0 Å². The van der Waals surface area contributed by atoms with Crippen LogP contribution in [0.5, 0.6) is 0 Å². The van der Waals surface area contributed by atoms with E-state index in [9.17, 15) is 14.9 Å². The maximum Gasteiger partial charge on any atom is 0.309 e. The maximum absolute atomic E-state index is 10.7. The average molecular weight is 283 g/mol. The fourth-order valence-electron chi connectivity index (χ4n) is 1.52. The van der Waals surface area contributed by atoms with Crippen molar-refractivity contribution < 1.29 is 14.8 Å². The van der Waals surface area contributed by atoms with Crippen molar-refractivity contribution >= 4 is 23.3 Å². The molecule has 1 aromatic heterocycles. The summed E-state index contributed by atoms with van der Waals surface area (Å²) in [6, 6.07) is 5.59. The van der Waals surface area contributed by atoms with Gasteiger partial charge < -0.3 is 5.11 Å². The molecule has 0 atom stereocenters. The Morgan fingerprint density at radius 2 is 2.26 bits per heavy atom. The Morgan fingerprint density at radius 3 is 2.89 bits per heavy atom. The van der Waals surface area contributed by atoms with Crippen molar-refractivity contribution in [2.75, 3.05) is 0 Å². The van der Waals surface area contributed by atoms with Gasteiger partial charge in [0.25, 0.3) is 5.69 Å². The van der Waals surface area contributed by atoms with Crippen LogP contribution in [0.1, 0.15) is 5.69 Å². The van der Waals surface area contributed by atoms with Gasteiger partial charge in [-0.25, -0.2) is 4.68 Å². The van der Waals surface area contributed by atoms with Crippen molar-refractivity contribution in [3.8, 4) is 5.69 Å². The number of nitro benzene ring substituents is 1. The molecular weight excluding hydrogens is 276 g/mol. The summed E-state index contributed by atoms with van der Waals surface area (Å²) in [5, 5.41) is 26.7. The Hall–Kier alpha value is -2.48. The highest BCUT2D eigenvalue weighted by Gasteiger charge is 2.17. The largest absolute Gasteiger partial charge is 0.481 e. The first kappa shape index (κ1) is 13.0. The third kappa shape index (κ3) is 2.68. The number of hydrogen-bond acceptors (Lipinski definition) is 5. The number of aliphatic carboxylic acids is 1. The van der Waals surface area contributed by atoms with Crippen LogP contribution in [0, 0.1) is 10.1 Å². The third-order valence-electron chi connectivity index (χ3n) is 2.32. The summed E-state index contributed by atoms with van der Waals surface area (Å²) in [4.78, 5) is 20.9. The molecule has 2 rings (SSSR count). The Kier molecular flexibility index (Phi) is 3.43. The Bertz CT molecular complexity index is 655. The Labute approximate surface area is 111 Å². The SMILES string of the molecule is O=C(O)Cc1c(Cl)nnn1-c1cccc([N+](=O)[O-])c1. The van der Waals surface area contributed by atoms with Gasteiger partial charge >= 0.3 is 5.97 Å². The van der Waals surface area contributed by atoms with Gasteiger partial charge in [-0.2, -0.15) is 0 Å². The van der Waals surface area contributed by atoms with E-state index in [0.717, 1.165) is 0 Å². The van der Waals surface area contributed by atoms with Crippen molar-refractivity contribution in [3.63, 3.8) is 0 Å². The van der Waals surface area contributed by atoms with Gasteiger partial charge in [0.15, 0.2) is 5.15 Å². The van der Waals surface area contributed by atoms with Crippen molar-refractivity contribution in [3.05, 3.63) is 45.2 Å². The van der Waals surface area contributed by atoms with E-state index in [1.165, 1.54) is 22.9 Å². The van der Waals surface area contributed by atoms with Crippen LogP contribution in [0.4, 0.5) is 5.69 Å². The van der Waals surface area contributed by atoms with Crippen LogP contribution in [0.2, 0.25) is 5.15 Å². The van der Waals surface area contributed by atoms with Crippen molar-refractivity contribution in [1.82, 2.24) is 15.0 Å². The minimum atomic E-state index is -1.10. The van der Waals surface area contributed by atoms with Gasteiger partial charge in [-0.15, -0.1) is 5.10 Å². The van der Waals surface area contributed by atoms with Crippen LogP contribution >= 0.6 is 11.6 Å². The summed E-state index contributed by atoms with van der Waals surface area (Å²) < 4.78 is 1.17. The van der Waals surface area contributed by atoms with Gasteiger partial charge in [0.1, 0.15) is 0 Å². The number of carboxylic acids is 1. The fraction of sp³-hybridized carbons (Fsp3) is 0.100. The predicted molar refractivity (Wildman–Crippen MR) is 64.4 cm³/mol. The molecule has 0 aliphatic carbocycles. The van der Waals surface area contributed by atoms with Crippen molar-refractivity contribution in [2.45, 2.75) is 6.42 Å². The second-order valence-corrected chi connectivity index (χ2v) is 3.94. The van der Waals surface area contributed by atoms with Gasteiger partial charge in [0.2, 0.25) is 0 Å². The molecule has 1 N–H and O–H groups in total. The molecule has 98 valence electrons. The molecule has 0 saturated carbocycles. The zero-order valence-corrected chi connectivity index (χ0v) is 10.1. The number of benzene rings is 1. The third-order valence-corrected chi connectivity index (χ3v) is 2.61. The number of nitrogens with zero attached hydrogens (tertiary/aromatic N) is 4. The minimum absolute atomic E-state index is 0.0473. The van der Waals surface area contributed by atoms with E-state index < -0.39 is 10.9 Å². The number of non-ortho nitro benzene ring substituents is 1. The standard InChI is InChI=1S/C10H7ClN4O4/c11-10-8(5-9(16)17)14(13-12-10)6-2-1-3-7(4-6)15(18)19/h1-4H,5H2,(H,16,17). The molecule has 0 saturated heterocycles. The molecule has 0 spiro atoms. The number of rotatable bonds is 4. The average Bonchev–Trinajstić information content (AvgIpc) is 2.71. The molecule has 2 aromatic rings. The molecule has 9 heteroatoms. The van der Waals surface area contributed by atoms with E-state index in [2.05, 4.69) is 10.3 Å². The maximum atomic E-state index is 10.7. The predicted octanol–water partition coefficient (Wildman–Crippen LogP) is 1.46. The Balaban J connectivity index is 2.50. The highest BCUT2D eigenvalue weighted by atomic mass is 35.5. The second-order valence-electron chi connectivity index (χ2n) is 3.59. The molecule has 0 aliphatic rings. The summed E-state index contributed by atoms with van der Waals surface area (Å²) in [5.74, 6) is -1.10. The summed E-state index contributed by atoms with van der Waals surface area (Å²) in [6.07, 6.45) is -0.380. The lowest BCUT2D eigenvalue weighted by Crippen LogP contribution is -2.08. The van der Waals surface area contributed by atoms with E-state index >= 15 is 0 Å². The van der Waals surface area contributed by atoms with E-state index in [0.29, 0.717) is 5.69 Å². The van der Waals surface area contributed by atoms with E-state index in [1.54, 1.807) is 6.07 Å². The monoisotopic (exact) mass is 282 g/mol. The van der Waals surface area contributed by atoms with Gasteiger partial charge in [-0.05, 0) is 6.07 Å². The highest BCUT2D eigenvalue weighted by Crippen LogP contribution is 2.21. The number of aromatic nitrogens is 3. The lowest BCUT2D eigenvalue weighted by atomic mass is 10.2. The molecule has 0 bridgehead atoms. The normalized spacial score (nSPS) is 10.4. The van der Waals surface area contributed by atoms with Gasteiger partial charge in [-0.1, -0.05) is 22.9 Å². The summed E-state index contributed by atoms with van der Waals surface area (Å²) in [6.45, 7) is 0. The first-order valence-corrected chi connectivity index (χ1v) is 5.43. The molecule has 0 fully saturated rings. The van der Waals surface area contributed by atoms with E-state index in [-0.39, 0.29) is 23.0 Å². The van der Waals surface area contributed by atoms with Crippen LogP contribution in [0.15, 0.2) is 24.3 Å². The molecule has 8 nitrogen and oxygen atoms in total. The zero-order chi connectivity index (χ0) is 14.0. The van der Waals surface area contributed by atoms with E-state index in [4.69, 9.17) is 16.7 Å². The smallest absolute Gasteiger partial charge is 0.309 e.